The van der Waals surface area contributed by atoms with Crippen LogP contribution in [0.2, 0.25) is 5.02 Å². The van der Waals surface area contributed by atoms with E-state index < -0.39 is 10.0 Å². The number of hydrogen-bond acceptors (Lipinski definition) is 4. The van der Waals surface area contributed by atoms with Crippen molar-refractivity contribution in [2.75, 3.05) is 4.72 Å². The first-order valence-corrected chi connectivity index (χ1v) is 12.5. The molecule has 0 saturated heterocycles. The van der Waals surface area contributed by atoms with E-state index in [1.807, 2.05) is 37.3 Å². The summed E-state index contributed by atoms with van der Waals surface area (Å²) in [5, 5.41) is 0.378. The van der Waals surface area contributed by atoms with E-state index in [2.05, 4.69) is 4.72 Å². The van der Waals surface area contributed by atoms with E-state index in [4.69, 9.17) is 11.6 Å². The molecule has 0 aliphatic heterocycles. The zero-order chi connectivity index (χ0) is 23.2. The first kappa shape index (κ1) is 22.5. The van der Waals surface area contributed by atoms with Crippen molar-refractivity contribution in [3.05, 3.63) is 81.2 Å². The summed E-state index contributed by atoms with van der Waals surface area (Å²) >= 11 is 7.58. The number of benzene rings is 3. The van der Waals surface area contributed by atoms with Gasteiger partial charge in [0.15, 0.2) is 0 Å². The Kier molecular flexibility index (Phi) is 5.87. The first-order valence-electron chi connectivity index (χ1n) is 9.80. The van der Waals surface area contributed by atoms with Crippen LogP contribution in [0, 0.1) is 13.8 Å². The predicted octanol–water partition coefficient (Wildman–Crippen LogP) is 5.10. The van der Waals surface area contributed by atoms with Gasteiger partial charge in [-0.15, -0.1) is 0 Å². The van der Waals surface area contributed by atoms with Gasteiger partial charge in [0.1, 0.15) is 0 Å². The number of fused-ring (bicyclic) bond motifs is 1. The normalized spacial score (nSPS) is 11.8. The standard InChI is InChI=1S/C23H22ClN3O3S2/c1-14-8-10-16(11-9-14)31-21-13-20-19(26(3)23(28)27(20)4)12-18(21)25-32(29,30)22-7-5-6-17(24)15(22)2/h5-13,25H,1-4H3. The molecule has 6 nitrogen and oxygen atoms in total. The number of nitrogens with one attached hydrogen (secondary N) is 1. The largest absolute Gasteiger partial charge is 0.328 e. The molecule has 1 heterocycles. The molecule has 1 N–H and O–H groups in total. The molecule has 4 aromatic rings. The molecule has 4 rings (SSSR count). The first-order chi connectivity index (χ1) is 15.1. The van der Waals surface area contributed by atoms with Crippen molar-refractivity contribution < 1.29 is 8.42 Å². The molecule has 32 heavy (non-hydrogen) atoms. The summed E-state index contributed by atoms with van der Waals surface area (Å²) in [6.07, 6.45) is 0. The fourth-order valence-corrected chi connectivity index (χ4v) is 6.05. The molecule has 0 bridgehead atoms. The minimum absolute atomic E-state index is 0.110. The molecule has 0 aliphatic carbocycles. The predicted molar refractivity (Wildman–Crippen MR) is 130 cm³/mol. The highest BCUT2D eigenvalue weighted by Gasteiger charge is 2.22. The zero-order valence-corrected chi connectivity index (χ0v) is 20.4. The highest BCUT2D eigenvalue weighted by Crippen LogP contribution is 2.38. The highest BCUT2D eigenvalue weighted by molar-refractivity contribution is 7.99. The van der Waals surface area contributed by atoms with Gasteiger partial charge >= 0.3 is 5.69 Å². The molecule has 0 fully saturated rings. The topological polar surface area (TPSA) is 73.1 Å². The van der Waals surface area contributed by atoms with Crippen molar-refractivity contribution in [2.45, 2.75) is 28.5 Å². The molecule has 9 heteroatoms. The van der Waals surface area contributed by atoms with Crippen LogP contribution >= 0.6 is 23.4 Å². The summed E-state index contributed by atoms with van der Waals surface area (Å²) in [6, 6.07) is 16.3. The number of nitrogens with zero attached hydrogens (tertiary/aromatic N) is 2. The lowest BCUT2D eigenvalue weighted by Crippen LogP contribution is -2.19. The Morgan fingerprint density at radius 3 is 2.22 bits per heavy atom. The molecule has 1 aromatic heterocycles. The second-order valence-corrected chi connectivity index (χ2v) is 10.8. The molecule has 0 radical (unpaired) electrons. The number of imidazole rings is 1. The van der Waals surface area contributed by atoms with Crippen molar-refractivity contribution in [1.82, 2.24) is 9.13 Å². The van der Waals surface area contributed by atoms with Gasteiger partial charge in [0.2, 0.25) is 0 Å². The lowest BCUT2D eigenvalue weighted by atomic mass is 10.2. The van der Waals surface area contributed by atoms with E-state index in [-0.39, 0.29) is 10.6 Å². The van der Waals surface area contributed by atoms with Gasteiger partial charge in [0, 0.05) is 28.9 Å². The molecular weight excluding hydrogens is 466 g/mol. The van der Waals surface area contributed by atoms with Crippen LogP contribution in [0.15, 0.2) is 74.1 Å². The molecule has 0 spiro atoms. The highest BCUT2D eigenvalue weighted by atomic mass is 35.5. The summed E-state index contributed by atoms with van der Waals surface area (Å²) in [5.74, 6) is 0. The van der Waals surface area contributed by atoms with Crippen LogP contribution in [0.3, 0.4) is 0 Å². The average molecular weight is 488 g/mol. The molecule has 0 saturated carbocycles. The molecule has 166 valence electrons. The maximum atomic E-state index is 13.3. The Morgan fingerprint density at radius 1 is 0.938 bits per heavy atom. The van der Waals surface area contributed by atoms with Gasteiger partial charge in [0.25, 0.3) is 10.0 Å². The maximum absolute atomic E-state index is 13.3. The van der Waals surface area contributed by atoms with Crippen molar-refractivity contribution >= 4 is 50.1 Å². The number of aromatic nitrogens is 2. The van der Waals surface area contributed by atoms with Crippen LogP contribution in [0.4, 0.5) is 5.69 Å². The molecule has 3 aromatic carbocycles. The second kappa shape index (κ2) is 8.35. The van der Waals surface area contributed by atoms with Gasteiger partial charge in [-0.2, -0.15) is 0 Å². The molecule has 0 atom stereocenters. The van der Waals surface area contributed by atoms with E-state index in [1.165, 1.54) is 22.4 Å². The summed E-state index contributed by atoms with van der Waals surface area (Å²) < 4.78 is 32.3. The fourth-order valence-electron chi connectivity index (χ4n) is 3.50. The number of aryl methyl sites for hydroxylation is 3. The van der Waals surface area contributed by atoms with Crippen molar-refractivity contribution in [1.29, 1.82) is 0 Å². The summed E-state index contributed by atoms with van der Waals surface area (Å²) in [7, 11) is -0.553. The minimum Gasteiger partial charge on any atom is -0.295 e. The smallest absolute Gasteiger partial charge is 0.295 e. The molecular formula is C23H22ClN3O3S2. The third-order valence-corrected chi connectivity index (χ3v) is 8.36. The van der Waals surface area contributed by atoms with E-state index in [9.17, 15) is 13.2 Å². The van der Waals surface area contributed by atoms with Gasteiger partial charge in [-0.25, -0.2) is 13.2 Å². The number of sulfonamides is 1. The number of rotatable bonds is 5. The van der Waals surface area contributed by atoms with Gasteiger partial charge in [-0.05, 0) is 55.8 Å². The SMILES string of the molecule is Cc1ccc(Sc2cc3c(cc2NS(=O)(=O)c2cccc(Cl)c2C)n(C)c(=O)n3C)cc1. The molecule has 0 unspecified atom stereocenters. The Hall–Kier alpha value is -2.68. The maximum Gasteiger partial charge on any atom is 0.328 e. The van der Waals surface area contributed by atoms with Crippen molar-refractivity contribution in [2.24, 2.45) is 14.1 Å². The third-order valence-electron chi connectivity index (χ3n) is 5.37. The fraction of sp³-hybridized carbons (Fsp3) is 0.174. The van der Waals surface area contributed by atoms with E-state index in [1.54, 1.807) is 43.8 Å². The summed E-state index contributed by atoms with van der Waals surface area (Å²) in [5.41, 5.74) is 3.16. The number of anilines is 1. The lowest BCUT2D eigenvalue weighted by Gasteiger charge is -2.15. The van der Waals surface area contributed by atoms with Crippen molar-refractivity contribution in [3.8, 4) is 0 Å². The Labute approximate surface area is 195 Å². The Morgan fingerprint density at radius 2 is 1.56 bits per heavy atom. The van der Waals surface area contributed by atoms with Crippen LogP contribution in [-0.2, 0) is 24.1 Å². The number of halogens is 1. The minimum atomic E-state index is -3.91. The molecule has 0 amide bonds. The van der Waals surface area contributed by atoms with Crippen LogP contribution in [0.25, 0.3) is 11.0 Å². The Bertz CT molecular complexity index is 1500. The summed E-state index contributed by atoms with van der Waals surface area (Å²) in [4.78, 5) is 14.2. The van der Waals surface area contributed by atoms with E-state index >= 15 is 0 Å². The van der Waals surface area contributed by atoms with Gasteiger partial charge < -0.3 is 0 Å². The van der Waals surface area contributed by atoms with Gasteiger partial charge in [0.05, 0.1) is 21.6 Å². The van der Waals surface area contributed by atoms with Crippen LogP contribution < -0.4 is 10.4 Å². The quantitative estimate of drug-likeness (QED) is 0.425. The second-order valence-electron chi connectivity index (χ2n) is 7.62. The third kappa shape index (κ3) is 4.05. The average Bonchev–Trinajstić information content (AvgIpc) is 2.95. The van der Waals surface area contributed by atoms with E-state index in [0.717, 1.165) is 10.5 Å². The molecule has 0 aliphatic rings. The van der Waals surface area contributed by atoms with Gasteiger partial charge in [-0.1, -0.05) is 47.1 Å². The Balaban J connectivity index is 1.88. The van der Waals surface area contributed by atoms with Crippen molar-refractivity contribution in [3.63, 3.8) is 0 Å². The zero-order valence-electron chi connectivity index (χ0n) is 18.0. The van der Waals surface area contributed by atoms with Gasteiger partial charge in [-0.3, -0.25) is 13.9 Å². The van der Waals surface area contributed by atoms with Crippen LogP contribution in [-0.4, -0.2) is 17.6 Å². The summed E-state index contributed by atoms with van der Waals surface area (Å²) in [6.45, 7) is 3.68. The lowest BCUT2D eigenvalue weighted by molar-refractivity contribution is 0.600. The van der Waals surface area contributed by atoms with Crippen LogP contribution in [0.1, 0.15) is 11.1 Å². The monoisotopic (exact) mass is 487 g/mol. The van der Waals surface area contributed by atoms with Crippen LogP contribution in [0.5, 0.6) is 0 Å². The van der Waals surface area contributed by atoms with E-state index in [0.29, 0.717) is 32.2 Å². The number of hydrogen-bond donors (Lipinski definition) is 1.